The van der Waals surface area contributed by atoms with Crippen LogP contribution in [0.4, 0.5) is 4.39 Å². The zero-order valence-corrected chi connectivity index (χ0v) is 15.9. The molecular formula is C21H17ClFN3O2. The third-order valence-electron chi connectivity index (χ3n) is 4.75. The number of fused-ring (bicyclic) bond motifs is 1. The van der Waals surface area contributed by atoms with E-state index in [4.69, 9.17) is 16.3 Å². The number of amides is 1. The van der Waals surface area contributed by atoms with Crippen LogP contribution in [-0.2, 0) is 13.0 Å². The van der Waals surface area contributed by atoms with E-state index in [1.54, 1.807) is 18.2 Å². The number of carbonyl (C=O) groups excluding carboxylic acids is 1. The summed E-state index contributed by atoms with van der Waals surface area (Å²) in [6, 6.07) is 11.8. The molecule has 0 N–H and O–H groups in total. The summed E-state index contributed by atoms with van der Waals surface area (Å²) in [6.45, 7) is 0.761. The molecule has 1 aromatic heterocycles. The summed E-state index contributed by atoms with van der Waals surface area (Å²) in [5.74, 6) is 0.350. The van der Waals surface area contributed by atoms with E-state index < -0.39 is 11.7 Å². The van der Waals surface area contributed by atoms with Crippen molar-refractivity contribution >= 4 is 17.5 Å². The van der Waals surface area contributed by atoms with Gasteiger partial charge in [-0.25, -0.2) is 14.4 Å². The van der Waals surface area contributed by atoms with Gasteiger partial charge in [-0.1, -0.05) is 17.7 Å². The van der Waals surface area contributed by atoms with Gasteiger partial charge in [-0.2, -0.15) is 0 Å². The highest BCUT2D eigenvalue weighted by molar-refractivity contribution is 6.33. The monoisotopic (exact) mass is 397 g/mol. The molecule has 0 aliphatic carbocycles. The molecule has 7 heteroatoms. The van der Waals surface area contributed by atoms with E-state index in [2.05, 4.69) is 9.97 Å². The number of aromatic nitrogens is 2. The molecule has 0 atom stereocenters. The molecule has 28 heavy (non-hydrogen) atoms. The fourth-order valence-corrected chi connectivity index (χ4v) is 3.47. The molecule has 1 aliphatic rings. The van der Waals surface area contributed by atoms with Crippen LogP contribution in [0.3, 0.4) is 0 Å². The zero-order valence-electron chi connectivity index (χ0n) is 15.2. The van der Waals surface area contributed by atoms with Crippen molar-refractivity contribution < 1.29 is 13.9 Å². The third kappa shape index (κ3) is 3.43. The van der Waals surface area contributed by atoms with Crippen molar-refractivity contribution in [2.24, 2.45) is 0 Å². The molecule has 2 heterocycles. The summed E-state index contributed by atoms with van der Waals surface area (Å²) >= 11 is 6.03. The molecule has 0 radical (unpaired) electrons. The van der Waals surface area contributed by atoms with E-state index in [-0.39, 0.29) is 10.6 Å². The van der Waals surface area contributed by atoms with Gasteiger partial charge < -0.3 is 9.64 Å². The molecule has 2 aromatic carbocycles. The Labute approximate surface area is 166 Å². The second kappa shape index (κ2) is 7.56. The van der Waals surface area contributed by atoms with E-state index in [0.29, 0.717) is 25.3 Å². The van der Waals surface area contributed by atoms with Gasteiger partial charge in [0.15, 0.2) is 5.82 Å². The van der Waals surface area contributed by atoms with Crippen molar-refractivity contribution in [1.82, 2.24) is 14.9 Å². The summed E-state index contributed by atoms with van der Waals surface area (Å²) in [4.78, 5) is 23.4. The quantitative estimate of drug-likeness (QED) is 0.666. The molecule has 5 nitrogen and oxygen atoms in total. The Hall–Kier alpha value is -2.99. The topological polar surface area (TPSA) is 55.3 Å². The van der Waals surface area contributed by atoms with Gasteiger partial charge in [0.25, 0.3) is 5.91 Å². The lowest BCUT2D eigenvalue weighted by atomic mass is 10.0. The molecular weight excluding hydrogens is 381 g/mol. The Balaban J connectivity index is 1.57. The maximum absolute atomic E-state index is 14.1. The highest BCUT2D eigenvalue weighted by atomic mass is 35.5. The summed E-state index contributed by atoms with van der Waals surface area (Å²) < 4.78 is 19.2. The third-order valence-corrected chi connectivity index (χ3v) is 5.06. The molecule has 0 saturated carbocycles. The predicted molar refractivity (Wildman–Crippen MR) is 104 cm³/mol. The summed E-state index contributed by atoms with van der Waals surface area (Å²) in [5, 5.41) is 0.113. The van der Waals surface area contributed by atoms with Gasteiger partial charge in [0.1, 0.15) is 11.6 Å². The maximum atomic E-state index is 14.1. The Morgan fingerprint density at radius 3 is 2.71 bits per heavy atom. The molecule has 3 aromatic rings. The summed E-state index contributed by atoms with van der Waals surface area (Å²) in [7, 11) is 1.62. The lowest BCUT2D eigenvalue weighted by molar-refractivity contribution is 0.0728. The van der Waals surface area contributed by atoms with Crippen molar-refractivity contribution in [2.75, 3.05) is 13.7 Å². The van der Waals surface area contributed by atoms with E-state index in [1.165, 1.54) is 18.2 Å². The van der Waals surface area contributed by atoms with Crippen molar-refractivity contribution in [1.29, 1.82) is 0 Å². The number of ether oxygens (including phenoxy) is 1. The molecule has 0 spiro atoms. The first-order valence-electron chi connectivity index (χ1n) is 8.79. The van der Waals surface area contributed by atoms with Crippen LogP contribution in [0.2, 0.25) is 5.02 Å². The first-order chi connectivity index (χ1) is 13.6. The van der Waals surface area contributed by atoms with Crippen molar-refractivity contribution in [3.05, 3.63) is 76.3 Å². The van der Waals surface area contributed by atoms with Gasteiger partial charge in [-0.3, -0.25) is 4.79 Å². The lowest BCUT2D eigenvalue weighted by Gasteiger charge is -2.28. The van der Waals surface area contributed by atoms with Gasteiger partial charge in [0.2, 0.25) is 0 Å². The first kappa shape index (κ1) is 18.4. The zero-order chi connectivity index (χ0) is 19.7. The number of benzene rings is 2. The summed E-state index contributed by atoms with van der Waals surface area (Å²) in [6.07, 6.45) is 2.29. The Bertz CT molecular complexity index is 1020. The lowest BCUT2D eigenvalue weighted by Crippen LogP contribution is -2.37. The van der Waals surface area contributed by atoms with Gasteiger partial charge >= 0.3 is 0 Å². The average Bonchev–Trinajstić information content (AvgIpc) is 2.73. The molecule has 0 bridgehead atoms. The van der Waals surface area contributed by atoms with Gasteiger partial charge in [-0.05, 0) is 36.4 Å². The standard InChI is InChI=1S/C21H17ClFN3O2/c1-28-15-7-5-13(6-8-15)20-24-11-14-12-26(10-9-18(14)25-20)21(27)19-16(22)3-2-4-17(19)23/h2-8,11H,9-10,12H2,1H3. The van der Waals surface area contributed by atoms with Crippen LogP contribution in [0.1, 0.15) is 21.6 Å². The van der Waals surface area contributed by atoms with Crippen LogP contribution in [0.25, 0.3) is 11.4 Å². The molecule has 1 aliphatic heterocycles. The van der Waals surface area contributed by atoms with Crippen LogP contribution in [0.5, 0.6) is 5.75 Å². The second-order valence-corrected chi connectivity index (χ2v) is 6.87. The fourth-order valence-electron chi connectivity index (χ4n) is 3.23. The van der Waals surface area contributed by atoms with Crippen molar-refractivity contribution in [2.45, 2.75) is 13.0 Å². The van der Waals surface area contributed by atoms with Crippen LogP contribution >= 0.6 is 11.6 Å². The van der Waals surface area contributed by atoms with Crippen LogP contribution in [0.15, 0.2) is 48.7 Å². The fraction of sp³-hybridized carbons (Fsp3) is 0.190. The number of halogens is 2. The molecule has 1 amide bonds. The summed E-state index contributed by atoms with van der Waals surface area (Å²) in [5.41, 5.74) is 2.54. The van der Waals surface area contributed by atoms with Gasteiger partial charge in [0, 0.05) is 36.8 Å². The number of hydrogen-bond acceptors (Lipinski definition) is 4. The van der Waals surface area contributed by atoms with Gasteiger partial charge in [0.05, 0.1) is 23.4 Å². The number of methoxy groups -OCH3 is 1. The number of nitrogens with zero attached hydrogens (tertiary/aromatic N) is 3. The van der Waals surface area contributed by atoms with E-state index in [9.17, 15) is 9.18 Å². The molecule has 0 fully saturated rings. The highest BCUT2D eigenvalue weighted by Crippen LogP contribution is 2.26. The minimum Gasteiger partial charge on any atom is -0.497 e. The minimum atomic E-state index is -0.616. The van der Waals surface area contributed by atoms with Crippen LogP contribution in [0, 0.1) is 5.82 Å². The molecule has 4 rings (SSSR count). The Kier molecular flexibility index (Phi) is 4.96. The molecule has 0 saturated heterocycles. The van der Waals surface area contributed by atoms with Crippen molar-refractivity contribution in [3.8, 4) is 17.1 Å². The van der Waals surface area contributed by atoms with Crippen molar-refractivity contribution in [3.63, 3.8) is 0 Å². The highest BCUT2D eigenvalue weighted by Gasteiger charge is 2.26. The predicted octanol–water partition coefficient (Wildman–Crippen LogP) is 4.14. The van der Waals surface area contributed by atoms with E-state index in [0.717, 1.165) is 22.6 Å². The maximum Gasteiger partial charge on any atom is 0.258 e. The number of rotatable bonds is 3. The van der Waals surface area contributed by atoms with E-state index >= 15 is 0 Å². The Morgan fingerprint density at radius 2 is 2.00 bits per heavy atom. The van der Waals surface area contributed by atoms with E-state index in [1.807, 2.05) is 24.3 Å². The van der Waals surface area contributed by atoms with Crippen LogP contribution in [-0.4, -0.2) is 34.4 Å². The Morgan fingerprint density at radius 1 is 1.21 bits per heavy atom. The first-order valence-corrected chi connectivity index (χ1v) is 9.17. The SMILES string of the molecule is COc1ccc(-c2ncc3c(n2)CCN(C(=O)c2c(F)cccc2Cl)C3)cc1. The minimum absolute atomic E-state index is 0.0941. The largest absolute Gasteiger partial charge is 0.497 e. The molecule has 0 unspecified atom stereocenters. The normalized spacial score (nSPS) is 13.2. The second-order valence-electron chi connectivity index (χ2n) is 6.47. The molecule has 142 valence electrons. The van der Waals surface area contributed by atoms with Crippen LogP contribution < -0.4 is 4.74 Å². The smallest absolute Gasteiger partial charge is 0.258 e. The van der Waals surface area contributed by atoms with Gasteiger partial charge in [-0.15, -0.1) is 0 Å². The number of carbonyl (C=O) groups is 1. The number of hydrogen-bond donors (Lipinski definition) is 0. The average molecular weight is 398 g/mol.